The van der Waals surface area contributed by atoms with Crippen LogP contribution < -0.4 is 10.5 Å². The monoisotopic (exact) mass is 374 g/mol. The molecule has 1 aromatic heterocycles. The standard InChI is InChI=1S/C18H20F3N3O2/c1-9(2)24-15-7-10(17(22)25)3-5-12(15)16(23-24)13-8-11(26-18(20)21)4-6-14(13)19/h4,6,8-10,18H,3,5,7H2,1-2H3,(H2,22,25)/i1D3,2D3,9D. The zero-order valence-electron chi connectivity index (χ0n) is 20.4. The molecule has 0 saturated heterocycles. The Morgan fingerprint density at radius 2 is 2.27 bits per heavy atom. The van der Waals surface area contributed by atoms with E-state index in [1.807, 2.05) is 0 Å². The predicted molar refractivity (Wildman–Crippen MR) is 89.3 cm³/mol. The number of amides is 1. The molecule has 0 saturated carbocycles. The largest absolute Gasteiger partial charge is 0.435 e. The van der Waals surface area contributed by atoms with Crippen LogP contribution in [-0.2, 0) is 17.6 Å². The normalized spacial score (nSPS) is 22.2. The summed E-state index contributed by atoms with van der Waals surface area (Å²) < 4.78 is 99.8. The topological polar surface area (TPSA) is 70.1 Å². The molecule has 3 rings (SSSR count). The van der Waals surface area contributed by atoms with Crippen LogP contribution in [-0.4, -0.2) is 22.3 Å². The van der Waals surface area contributed by atoms with Crippen LogP contribution in [0.15, 0.2) is 18.2 Å². The van der Waals surface area contributed by atoms with Crippen molar-refractivity contribution in [3.63, 3.8) is 0 Å². The van der Waals surface area contributed by atoms with Crippen LogP contribution in [0.4, 0.5) is 13.2 Å². The highest BCUT2D eigenvalue weighted by Crippen LogP contribution is 2.37. The first kappa shape index (κ1) is 11.3. The number of carbonyl (C=O) groups is 1. The van der Waals surface area contributed by atoms with E-state index >= 15 is 0 Å². The van der Waals surface area contributed by atoms with Gasteiger partial charge in [-0.2, -0.15) is 13.9 Å². The molecule has 1 heterocycles. The van der Waals surface area contributed by atoms with E-state index in [0.29, 0.717) is 4.68 Å². The van der Waals surface area contributed by atoms with E-state index in [-0.39, 0.29) is 41.8 Å². The van der Waals surface area contributed by atoms with Crippen molar-refractivity contribution >= 4 is 5.91 Å². The average Bonchev–Trinajstić information content (AvgIpc) is 3.05. The predicted octanol–water partition coefficient (Wildman–Crippen LogP) is 3.46. The number of benzene rings is 1. The minimum Gasteiger partial charge on any atom is -0.435 e. The van der Waals surface area contributed by atoms with Crippen molar-refractivity contribution in [2.45, 2.75) is 45.6 Å². The maximum Gasteiger partial charge on any atom is 0.387 e. The summed E-state index contributed by atoms with van der Waals surface area (Å²) in [5, 5.41) is 4.02. The fraction of sp³-hybridized carbons (Fsp3) is 0.444. The van der Waals surface area contributed by atoms with E-state index in [1.165, 1.54) is 0 Å². The van der Waals surface area contributed by atoms with E-state index in [1.54, 1.807) is 0 Å². The number of primary amides is 1. The number of nitrogens with zero attached hydrogens (tertiary/aromatic N) is 2. The molecule has 5 nitrogen and oxygen atoms in total. The van der Waals surface area contributed by atoms with Crippen LogP contribution in [0.2, 0.25) is 0 Å². The van der Waals surface area contributed by atoms with Gasteiger partial charge >= 0.3 is 6.61 Å². The molecule has 26 heavy (non-hydrogen) atoms. The molecule has 140 valence electrons. The van der Waals surface area contributed by atoms with E-state index in [4.69, 9.17) is 15.3 Å². The third-order valence-electron chi connectivity index (χ3n) is 4.30. The second-order valence-corrected chi connectivity index (χ2v) is 5.90. The first-order chi connectivity index (χ1) is 15.1. The molecular formula is C18H20F3N3O2. The fourth-order valence-corrected chi connectivity index (χ4v) is 3.12. The summed E-state index contributed by atoms with van der Waals surface area (Å²) in [6, 6.07) is -0.563. The Morgan fingerprint density at radius 1 is 1.50 bits per heavy atom. The van der Waals surface area contributed by atoms with Gasteiger partial charge in [0, 0.05) is 43.4 Å². The Morgan fingerprint density at radius 3 is 2.92 bits per heavy atom. The Hall–Kier alpha value is -2.51. The molecule has 2 N–H and O–H groups in total. The summed E-state index contributed by atoms with van der Waals surface area (Å²) in [5.74, 6) is -2.83. The van der Waals surface area contributed by atoms with Crippen LogP contribution in [0.3, 0.4) is 0 Å². The number of hydrogen-bond acceptors (Lipinski definition) is 3. The molecule has 0 aliphatic heterocycles. The molecule has 2 aromatic rings. The van der Waals surface area contributed by atoms with Gasteiger partial charge in [-0.25, -0.2) is 4.39 Å². The van der Waals surface area contributed by atoms with E-state index in [9.17, 15) is 18.0 Å². The summed E-state index contributed by atoms with van der Waals surface area (Å²) in [5.41, 5.74) is 4.94. The number of hydrogen-bond donors (Lipinski definition) is 1. The summed E-state index contributed by atoms with van der Waals surface area (Å²) >= 11 is 0. The van der Waals surface area contributed by atoms with Gasteiger partial charge in [0.2, 0.25) is 5.91 Å². The van der Waals surface area contributed by atoms with Crippen molar-refractivity contribution in [2.75, 3.05) is 0 Å². The lowest BCUT2D eigenvalue weighted by Crippen LogP contribution is -2.29. The van der Waals surface area contributed by atoms with Gasteiger partial charge in [-0.15, -0.1) is 0 Å². The zero-order valence-corrected chi connectivity index (χ0v) is 13.4. The number of alkyl halides is 2. The Labute approximate surface area is 158 Å². The van der Waals surface area contributed by atoms with Gasteiger partial charge in [-0.05, 0) is 44.7 Å². The second-order valence-electron chi connectivity index (χ2n) is 5.90. The molecule has 0 radical (unpaired) electrons. The van der Waals surface area contributed by atoms with Gasteiger partial charge in [0.15, 0.2) is 0 Å². The van der Waals surface area contributed by atoms with Gasteiger partial charge < -0.3 is 10.5 Å². The second kappa shape index (κ2) is 7.01. The molecule has 1 atom stereocenters. The molecule has 1 aromatic carbocycles. The SMILES string of the molecule is [2H]C([2H])([2H])C([2H])(n1nc(-c2cc(OC(F)F)ccc2F)c2c1CC(C(N)=O)CC2)C([2H])([2H])[2H]. The number of nitrogens with two attached hydrogens (primary N) is 1. The smallest absolute Gasteiger partial charge is 0.387 e. The molecule has 1 aliphatic rings. The molecular weight excluding hydrogens is 347 g/mol. The molecule has 1 unspecified atom stereocenters. The van der Waals surface area contributed by atoms with Gasteiger partial charge in [-0.1, -0.05) is 0 Å². The summed E-state index contributed by atoms with van der Waals surface area (Å²) in [6.45, 7) is -10.0. The van der Waals surface area contributed by atoms with Crippen molar-refractivity contribution in [1.82, 2.24) is 9.78 Å². The number of ether oxygens (including phenoxy) is 1. The van der Waals surface area contributed by atoms with Gasteiger partial charge in [-0.3, -0.25) is 9.48 Å². The lowest BCUT2D eigenvalue weighted by molar-refractivity contribution is -0.122. The highest BCUT2D eigenvalue weighted by molar-refractivity contribution is 5.78. The van der Waals surface area contributed by atoms with Crippen LogP contribution in [0.5, 0.6) is 5.75 Å². The minimum absolute atomic E-state index is 0.0374. The maximum absolute atomic E-state index is 14.7. The van der Waals surface area contributed by atoms with Crippen LogP contribution in [0, 0.1) is 11.7 Å². The Bertz CT molecular complexity index is 1060. The van der Waals surface area contributed by atoms with Crippen LogP contribution in [0.25, 0.3) is 11.3 Å². The molecule has 1 aliphatic carbocycles. The minimum atomic E-state index is -3.41. The highest BCUT2D eigenvalue weighted by Gasteiger charge is 2.31. The maximum atomic E-state index is 14.7. The number of aromatic nitrogens is 2. The quantitative estimate of drug-likeness (QED) is 0.871. The van der Waals surface area contributed by atoms with Crippen LogP contribution in [0.1, 0.15) is 47.0 Å². The zero-order chi connectivity index (χ0) is 24.9. The third-order valence-corrected chi connectivity index (χ3v) is 4.30. The molecule has 8 heteroatoms. The lowest BCUT2D eigenvalue weighted by Gasteiger charge is -2.22. The van der Waals surface area contributed by atoms with E-state index in [0.717, 1.165) is 18.2 Å². The van der Waals surface area contributed by atoms with Gasteiger partial charge in [0.05, 0.1) is 7.06 Å². The molecule has 0 bridgehead atoms. The van der Waals surface area contributed by atoms with Crippen molar-refractivity contribution < 1.29 is 32.3 Å². The number of fused-ring (bicyclic) bond motifs is 1. The number of rotatable bonds is 5. The Kier molecular flexibility index (Phi) is 3.03. The summed E-state index contributed by atoms with van der Waals surface area (Å²) in [6.07, 6.45) is -0.00255. The molecule has 1 amide bonds. The highest BCUT2D eigenvalue weighted by atomic mass is 19.3. The lowest BCUT2D eigenvalue weighted by atomic mass is 9.85. The summed E-state index contributed by atoms with van der Waals surface area (Å²) in [7, 11) is 0. The van der Waals surface area contributed by atoms with Crippen molar-refractivity contribution in [3.05, 3.63) is 35.3 Å². The molecule has 0 fully saturated rings. The van der Waals surface area contributed by atoms with Crippen molar-refractivity contribution in [1.29, 1.82) is 0 Å². The first-order valence-corrected chi connectivity index (χ1v) is 7.73. The molecule has 0 spiro atoms. The number of carbonyl (C=O) groups excluding carboxylic acids is 1. The Balaban J connectivity index is 2.31. The fourth-order valence-electron chi connectivity index (χ4n) is 3.12. The average molecular weight is 374 g/mol. The van der Waals surface area contributed by atoms with E-state index in [2.05, 4.69) is 9.84 Å². The van der Waals surface area contributed by atoms with Crippen LogP contribution >= 0.6 is 0 Å². The number of halogens is 3. The third kappa shape index (κ3) is 3.40. The van der Waals surface area contributed by atoms with Crippen molar-refractivity contribution in [3.8, 4) is 17.0 Å². The van der Waals surface area contributed by atoms with Crippen molar-refractivity contribution in [2.24, 2.45) is 11.7 Å². The van der Waals surface area contributed by atoms with E-state index < -0.39 is 49.7 Å². The van der Waals surface area contributed by atoms with Gasteiger partial charge in [0.1, 0.15) is 11.6 Å². The summed E-state index contributed by atoms with van der Waals surface area (Å²) in [4.78, 5) is 11.8. The van der Waals surface area contributed by atoms with Gasteiger partial charge in [0.25, 0.3) is 0 Å². The first-order valence-electron chi connectivity index (χ1n) is 11.2.